The first-order valence-corrected chi connectivity index (χ1v) is 8.44. The van der Waals surface area contributed by atoms with Crippen LogP contribution in [-0.4, -0.2) is 48.0 Å². The molecule has 7 heteroatoms. The minimum atomic E-state index is -0.0900. The number of rotatable bonds is 5. The van der Waals surface area contributed by atoms with Gasteiger partial charge in [-0.2, -0.15) is 5.10 Å². The van der Waals surface area contributed by atoms with Gasteiger partial charge in [0.15, 0.2) is 0 Å². The van der Waals surface area contributed by atoms with Gasteiger partial charge in [0.1, 0.15) is 11.5 Å². The average Bonchev–Trinajstić information content (AvgIpc) is 3.15. The molecular formula is C18H24N4O3. The van der Waals surface area contributed by atoms with Crippen molar-refractivity contribution >= 4 is 11.7 Å². The lowest BCUT2D eigenvalue weighted by molar-refractivity contribution is 0.175. The smallest absolute Gasteiger partial charge is 0.321 e. The fourth-order valence-corrected chi connectivity index (χ4v) is 3.07. The number of hydrogen-bond donors (Lipinski definition) is 1. The van der Waals surface area contributed by atoms with Crippen LogP contribution in [0.25, 0.3) is 0 Å². The molecule has 0 atom stereocenters. The number of amides is 2. The number of nitrogens with one attached hydrogen (secondary N) is 1. The molecule has 0 saturated carbocycles. The molecule has 0 spiro atoms. The molecule has 1 fully saturated rings. The van der Waals surface area contributed by atoms with Crippen LogP contribution in [0, 0.1) is 5.92 Å². The molecule has 0 radical (unpaired) electrons. The van der Waals surface area contributed by atoms with Gasteiger partial charge in [0.2, 0.25) is 0 Å². The Balaban J connectivity index is 1.54. The van der Waals surface area contributed by atoms with Crippen LogP contribution in [0.4, 0.5) is 10.5 Å². The molecule has 3 rings (SSSR count). The Morgan fingerprint density at radius 3 is 2.44 bits per heavy atom. The van der Waals surface area contributed by atoms with Crippen molar-refractivity contribution in [2.24, 2.45) is 5.92 Å². The fourth-order valence-electron chi connectivity index (χ4n) is 3.07. The number of aromatic nitrogens is 2. The van der Waals surface area contributed by atoms with Crippen LogP contribution < -0.4 is 14.8 Å². The van der Waals surface area contributed by atoms with E-state index in [1.165, 1.54) is 0 Å². The number of carbonyl (C=O) groups is 1. The van der Waals surface area contributed by atoms with Crippen molar-refractivity contribution in [1.29, 1.82) is 0 Å². The molecule has 0 aliphatic carbocycles. The molecule has 1 aromatic carbocycles. The van der Waals surface area contributed by atoms with Crippen LogP contribution in [-0.2, 0) is 6.54 Å². The highest BCUT2D eigenvalue weighted by Crippen LogP contribution is 2.26. The van der Waals surface area contributed by atoms with Gasteiger partial charge in [0, 0.05) is 55.9 Å². The molecule has 25 heavy (non-hydrogen) atoms. The van der Waals surface area contributed by atoms with Gasteiger partial charge in [-0.3, -0.25) is 4.68 Å². The third kappa shape index (κ3) is 4.43. The topological polar surface area (TPSA) is 68.6 Å². The Morgan fingerprint density at radius 1 is 1.20 bits per heavy atom. The summed E-state index contributed by atoms with van der Waals surface area (Å²) in [7, 11) is 3.18. The van der Waals surface area contributed by atoms with Crippen molar-refractivity contribution < 1.29 is 14.3 Å². The molecule has 2 aromatic rings. The molecule has 2 heterocycles. The molecule has 7 nitrogen and oxygen atoms in total. The highest BCUT2D eigenvalue weighted by atomic mass is 16.5. The summed E-state index contributed by atoms with van der Waals surface area (Å²) in [5.41, 5.74) is 0.667. The van der Waals surface area contributed by atoms with Gasteiger partial charge < -0.3 is 19.7 Å². The summed E-state index contributed by atoms with van der Waals surface area (Å²) < 4.78 is 12.4. The monoisotopic (exact) mass is 344 g/mol. The summed E-state index contributed by atoms with van der Waals surface area (Å²) in [6, 6.07) is 7.19. The van der Waals surface area contributed by atoms with Crippen LogP contribution >= 0.6 is 0 Å². The number of piperidine rings is 1. The summed E-state index contributed by atoms with van der Waals surface area (Å²) in [4.78, 5) is 14.4. The average molecular weight is 344 g/mol. The highest BCUT2D eigenvalue weighted by molar-refractivity contribution is 5.89. The number of methoxy groups -OCH3 is 2. The van der Waals surface area contributed by atoms with Crippen molar-refractivity contribution in [3.63, 3.8) is 0 Å². The van der Waals surface area contributed by atoms with Gasteiger partial charge in [0.05, 0.1) is 14.2 Å². The van der Waals surface area contributed by atoms with E-state index in [0.29, 0.717) is 23.1 Å². The fraction of sp³-hybridized carbons (Fsp3) is 0.444. The Hall–Kier alpha value is -2.70. The highest BCUT2D eigenvalue weighted by Gasteiger charge is 2.23. The third-order valence-corrected chi connectivity index (χ3v) is 4.51. The van der Waals surface area contributed by atoms with E-state index in [1.54, 1.807) is 38.6 Å². The number of urea groups is 1. The summed E-state index contributed by atoms with van der Waals surface area (Å²) >= 11 is 0. The molecule has 1 N–H and O–H groups in total. The predicted molar refractivity (Wildman–Crippen MR) is 95.1 cm³/mol. The summed E-state index contributed by atoms with van der Waals surface area (Å²) in [6.07, 6.45) is 5.74. The molecule has 1 aromatic heterocycles. The zero-order chi connectivity index (χ0) is 17.6. The number of hydrogen-bond acceptors (Lipinski definition) is 4. The minimum absolute atomic E-state index is 0.0900. The molecule has 1 aliphatic heterocycles. The van der Waals surface area contributed by atoms with E-state index >= 15 is 0 Å². The second-order valence-electron chi connectivity index (χ2n) is 6.19. The van der Waals surface area contributed by atoms with E-state index in [1.807, 2.05) is 21.8 Å². The zero-order valence-corrected chi connectivity index (χ0v) is 14.6. The van der Waals surface area contributed by atoms with Crippen molar-refractivity contribution in [1.82, 2.24) is 14.7 Å². The van der Waals surface area contributed by atoms with Gasteiger partial charge in [0.25, 0.3) is 0 Å². The lowest BCUT2D eigenvalue weighted by atomic mass is 9.97. The second-order valence-corrected chi connectivity index (χ2v) is 6.19. The normalized spacial score (nSPS) is 15.0. The number of benzene rings is 1. The van der Waals surface area contributed by atoms with Crippen LogP contribution in [0.5, 0.6) is 11.5 Å². The van der Waals surface area contributed by atoms with Crippen molar-refractivity contribution in [3.05, 3.63) is 36.7 Å². The summed E-state index contributed by atoms with van der Waals surface area (Å²) in [5, 5.41) is 7.18. The Morgan fingerprint density at radius 2 is 1.88 bits per heavy atom. The largest absolute Gasteiger partial charge is 0.497 e. The Labute approximate surface area is 147 Å². The lowest BCUT2D eigenvalue weighted by Gasteiger charge is -2.32. The van der Waals surface area contributed by atoms with Crippen LogP contribution in [0.1, 0.15) is 12.8 Å². The number of anilines is 1. The van der Waals surface area contributed by atoms with E-state index in [9.17, 15) is 4.79 Å². The lowest BCUT2D eigenvalue weighted by Crippen LogP contribution is -2.41. The summed E-state index contributed by atoms with van der Waals surface area (Å²) in [6.45, 7) is 2.41. The first kappa shape index (κ1) is 17.1. The molecule has 0 unspecified atom stereocenters. The van der Waals surface area contributed by atoms with Gasteiger partial charge in [-0.05, 0) is 24.8 Å². The first-order chi connectivity index (χ1) is 12.2. The van der Waals surface area contributed by atoms with Crippen molar-refractivity contribution in [3.8, 4) is 11.5 Å². The maximum Gasteiger partial charge on any atom is 0.321 e. The van der Waals surface area contributed by atoms with Gasteiger partial charge in [-0.25, -0.2) is 4.79 Å². The van der Waals surface area contributed by atoms with E-state index in [0.717, 1.165) is 32.5 Å². The van der Waals surface area contributed by atoms with Crippen molar-refractivity contribution in [2.45, 2.75) is 19.4 Å². The number of carbonyl (C=O) groups excluding carboxylic acids is 1. The molecule has 1 saturated heterocycles. The number of nitrogens with zero attached hydrogens (tertiary/aromatic N) is 3. The molecular weight excluding hydrogens is 320 g/mol. The molecule has 2 amide bonds. The van der Waals surface area contributed by atoms with Crippen LogP contribution in [0.2, 0.25) is 0 Å². The molecule has 134 valence electrons. The van der Waals surface area contributed by atoms with Gasteiger partial charge >= 0.3 is 6.03 Å². The first-order valence-electron chi connectivity index (χ1n) is 8.44. The van der Waals surface area contributed by atoms with E-state index in [4.69, 9.17) is 9.47 Å². The van der Waals surface area contributed by atoms with Crippen molar-refractivity contribution in [2.75, 3.05) is 32.6 Å². The standard InChI is InChI=1S/C18H24N4O3/c1-24-16-10-15(11-17(12-16)25-2)20-18(23)21-8-4-14(5-9-21)13-22-7-3-6-19-22/h3,6-7,10-12,14H,4-5,8-9,13H2,1-2H3,(H,20,23). The SMILES string of the molecule is COc1cc(NC(=O)N2CCC(Cn3cccn3)CC2)cc(OC)c1. The number of likely N-dealkylation sites (tertiary alicyclic amines) is 1. The second kappa shape index (κ2) is 7.92. The maximum absolute atomic E-state index is 12.5. The van der Waals surface area contributed by atoms with Crippen LogP contribution in [0.15, 0.2) is 36.7 Å². The maximum atomic E-state index is 12.5. The molecule has 0 bridgehead atoms. The summed E-state index contributed by atoms with van der Waals surface area (Å²) in [5.74, 6) is 1.85. The quantitative estimate of drug-likeness (QED) is 0.905. The van der Waals surface area contributed by atoms with Gasteiger partial charge in [-0.1, -0.05) is 0 Å². The Kier molecular flexibility index (Phi) is 5.42. The van der Waals surface area contributed by atoms with Crippen LogP contribution in [0.3, 0.4) is 0 Å². The molecule has 1 aliphatic rings. The predicted octanol–water partition coefficient (Wildman–Crippen LogP) is 2.84. The number of ether oxygens (including phenoxy) is 2. The Bertz CT molecular complexity index is 672. The zero-order valence-electron chi connectivity index (χ0n) is 14.6. The van der Waals surface area contributed by atoms with E-state index in [2.05, 4.69) is 10.4 Å². The third-order valence-electron chi connectivity index (χ3n) is 4.51. The van der Waals surface area contributed by atoms with E-state index in [-0.39, 0.29) is 6.03 Å². The minimum Gasteiger partial charge on any atom is -0.497 e. The van der Waals surface area contributed by atoms with Gasteiger partial charge in [-0.15, -0.1) is 0 Å². The van der Waals surface area contributed by atoms with E-state index < -0.39 is 0 Å².